The molecule has 6 nitrogen and oxygen atoms in total. The smallest absolute Gasteiger partial charge is 0.163 e. The number of rotatable bonds is 2. The summed E-state index contributed by atoms with van der Waals surface area (Å²) in [4.78, 5) is 9.05. The van der Waals surface area contributed by atoms with Crippen molar-refractivity contribution in [2.45, 2.75) is 25.8 Å². The number of nitrogens with zero attached hydrogens (tertiary/aromatic N) is 4. The summed E-state index contributed by atoms with van der Waals surface area (Å²) in [7, 11) is 0. The van der Waals surface area contributed by atoms with Crippen LogP contribution in [0.4, 0.5) is 11.4 Å². The number of aromatic nitrogens is 4. The molecule has 6 heteroatoms. The minimum absolute atomic E-state index is 0.550. The van der Waals surface area contributed by atoms with Crippen LogP contribution in [-0.4, -0.2) is 19.7 Å². The fraction of sp³-hybridized carbons (Fsp3) is 0.235. The number of benzene rings is 1. The molecule has 0 saturated carbocycles. The van der Waals surface area contributed by atoms with Gasteiger partial charge in [-0.2, -0.15) is 5.10 Å². The predicted molar refractivity (Wildman–Crippen MR) is 90.5 cm³/mol. The normalized spacial score (nSPS) is 13.7. The van der Waals surface area contributed by atoms with Crippen LogP contribution in [-0.2, 0) is 13.0 Å². The summed E-state index contributed by atoms with van der Waals surface area (Å²) in [5.74, 6) is 0.550. The molecule has 0 radical (unpaired) electrons. The lowest BCUT2D eigenvalue weighted by Crippen LogP contribution is -2.11. The molecular formula is C17H18N6. The third-order valence-corrected chi connectivity index (χ3v) is 4.27. The molecule has 0 aliphatic carbocycles. The number of nitrogen functional groups attached to an aromatic ring is 2. The second kappa shape index (κ2) is 5.39. The van der Waals surface area contributed by atoms with E-state index < -0.39 is 0 Å². The molecule has 2 aromatic heterocycles. The Labute approximate surface area is 134 Å². The van der Waals surface area contributed by atoms with Gasteiger partial charge in [0.05, 0.1) is 17.5 Å². The first-order chi connectivity index (χ1) is 11.2. The van der Waals surface area contributed by atoms with Gasteiger partial charge in [-0.15, -0.1) is 0 Å². The topological polar surface area (TPSA) is 95.6 Å². The number of hydrogen-bond acceptors (Lipinski definition) is 5. The fourth-order valence-electron chi connectivity index (χ4n) is 3.11. The molecule has 0 atom stereocenters. The van der Waals surface area contributed by atoms with E-state index in [1.54, 1.807) is 6.20 Å². The second-order valence-electron chi connectivity index (χ2n) is 5.76. The van der Waals surface area contributed by atoms with Crippen molar-refractivity contribution in [3.63, 3.8) is 0 Å². The molecule has 0 amide bonds. The van der Waals surface area contributed by atoms with Crippen LogP contribution in [0.15, 0.2) is 36.7 Å². The van der Waals surface area contributed by atoms with E-state index in [4.69, 9.17) is 16.5 Å². The van der Waals surface area contributed by atoms with Crippen LogP contribution in [0.25, 0.3) is 22.6 Å². The molecule has 1 aliphatic heterocycles. The summed E-state index contributed by atoms with van der Waals surface area (Å²) in [6, 6.07) is 7.35. The Morgan fingerprint density at radius 3 is 2.70 bits per heavy atom. The Bertz CT molecular complexity index is 847. The predicted octanol–water partition coefficient (Wildman–Crippen LogP) is 2.51. The van der Waals surface area contributed by atoms with Crippen molar-refractivity contribution in [1.29, 1.82) is 0 Å². The molecule has 3 aromatic rings. The van der Waals surface area contributed by atoms with Crippen LogP contribution < -0.4 is 11.5 Å². The van der Waals surface area contributed by atoms with E-state index in [9.17, 15) is 0 Å². The summed E-state index contributed by atoms with van der Waals surface area (Å²) in [5, 5.41) is 4.48. The van der Waals surface area contributed by atoms with Gasteiger partial charge in [0.2, 0.25) is 0 Å². The lowest BCUT2D eigenvalue weighted by molar-refractivity contribution is 0.487. The van der Waals surface area contributed by atoms with Gasteiger partial charge in [-0.05, 0) is 37.5 Å². The van der Waals surface area contributed by atoms with Crippen molar-refractivity contribution in [3.8, 4) is 22.6 Å². The minimum atomic E-state index is 0.550. The standard InChI is InChI=1S/C17H18N6/c18-12-4-3-5-13(19)16(12)17-20-8-7-14(22-17)11-10-21-23-9-2-1-6-15(11)23/h3-5,7-8,10H,1-2,6,9,18-19H2. The van der Waals surface area contributed by atoms with Crippen LogP contribution in [0.1, 0.15) is 18.5 Å². The van der Waals surface area contributed by atoms with Crippen molar-refractivity contribution >= 4 is 11.4 Å². The van der Waals surface area contributed by atoms with Gasteiger partial charge in [-0.25, -0.2) is 9.97 Å². The van der Waals surface area contributed by atoms with Crippen molar-refractivity contribution in [2.75, 3.05) is 11.5 Å². The van der Waals surface area contributed by atoms with E-state index in [1.165, 1.54) is 18.5 Å². The molecule has 0 fully saturated rings. The van der Waals surface area contributed by atoms with Crippen molar-refractivity contribution in [3.05, 3.63) is 42.4 Å². The van der Waals surface area contributed by atoms with Gasteiger partial charge in [0.15, 0.2) is 5.82 Å². The zero-order chi connectivity index (χ0) is 15.8. The maximum atomic E-state index is 6.06. The molecule has 4 N–H and O–H groups in total. The zero-order valence-electron chi connectivity index (χ0n) is 12.7. The Hall–Kier alpha value is -2.89. The highest BCUT2D eigenvalue weighted by atomic mass is 15.3. The fourth-order valence-corrected chi connectivity index (χ4v) is 3.11. The zero-order valence-corrected chi connectivity index (χ0v) is 12.7. The first-order valence-corrected chi connectivity index (χ1v) is 7.76. The SMILES string of the molecule is Nc1cccc(N)c1-c1nccc(-c2cnn3c2CCCC3)n1. The molecule has 0 spiro atoms. The van der Waals surface area contributed by atoms with Crippen molar-refractivity contribution in [2.24, 2.45) is 0 Å². The van der Waals surface area contributed by atoms with E-state index >= 15 is 0 Å². The van der Waals surface area contributed by atoms with Crippen molar-refractivity contribution in [1.82, 2.24) is 19.7 Å². The average Bonchev–Trinajstić information content (AvgIpc) is 2.99. The molecule has 116 valence electrons. The molecule has 23 heavy (non-hydrogen) atoms. The van der Waals surface area contributed by atoms with Gasteiger partial charge < -0.3 is 11.5 Å². The largest absolute Gasteiger partial charge is 0.398 e. The van der Waals surface area contributed by atoms with Crippen LogP contribution in [0.2, 0.25) is 0 Å². The second-order valence-corrected chi connectivity index (χ2v) is 5.76. The Balaban J connectivity index is 1.82. The van der Waals surface area contributed by atoms with E-state index in [1.807, 2.05) is 30.5 Å². The monoisotopic (exact) mass is 306 g/mol. The van der Waals surface area contributed by atoms with Gasteiger partial charge in [0.25, 0.3) is 0 Å². The molecular weight excluding hydrogens is 288 g/mol. The maximum absolute atomic E-state index is 6.06. The minimum Gasteiger partial charge on any atom is -0.398 e. The molecule has 1 aliphatic rings. The molecule has 3 heterocycles. The number of fused-ring (bicyclic) bond motifs is 1. The number of anilines is 2. The highest BCUT2D eigenvalue weighted by Crippen LogP contribution is 2.31. The van der Waals surface area contributed by atoms with Crippen molar-refractivity contribution < 1.29 is 0 Å². The van der Waals surface area contributed by atoms with Gasteiger partial charge in [0, 0.05) is 35.4 Å². The average molecular weight is 306 g/mol. The molecule has 0 saturated heterocycles. The molecule has 1 aromatic carbocycles. The molecule has 4 rings (SSSR count). The summed E-state index contributed by atoms with van der Waals surface area (Å²) >= 11 is 0. The van der Waals surface area contributed by atoms with Crippen LogP contribution in [0, 0.1) is 0 Å². The first-order valence-electron chi connectivity index (χ1n) is 7.76. The van der Waals surface area contributed by atoms with Crippen LogP contribution >= 0.6 is 0 Å². The first kappa shape index (κ1) is 13.8. The number of hydrogen-bond donors (Lipinski definition) is 2. The van der Waals surface area contributed by atoms with E-state index in [0.717, 1.165) is 24.2 Å². The van der Waals surface area contributed by atoms with E-state index in [-0.39, 0.29) is 0 Å². The molecule has 0 unspecified atom stereocenters. The number of nitrogens with two attached hydrogens (primary N) is 2. The lowest BCUT2D eigenvalue weighted by Gasteiger charge is -2.14. The highest BCUT2D eigenvalue weighted by molar-refractivity contribution is 5.83. The summed E-state index contributed by atoms with van der Waals surface area (Å²) < 4.78 is 2.08. The molecule has 0 bridgehead atoms. The van der Waals surface area contributed by atoms with Gasteiger partial charge in [-0.1, -0.05) is 6.07 Å². The third-order valence-electron chi connectivity index (χ3n) is 4.27. The van der Waals surface area contributed by atoms with E-state index in [2.05, 4.69) is 14.8 Å². The lowest BCUT2D eigenvalue weighted by atomic mass is 10.0. The van der Waals surface area contributed by atoms with Gasteiger partial charge in [-0.3, -0.25) is 4.68 Å². The maximum Gasteiger partial charge on any atom is 0.163 e. The van der Waals surface area contributed by atoms with Crippen LogP contribution in [0.5, 0.6) is 0 Å². The van der Waals surface area contributed by atoms with Gasteiger partial charge in [0.1, 0.15) is 0 Å². The Morgan fingerprint density at radius 2 is 1.87 bits per heavy atom. The van der Waals surface area contributed by atoms with Gasteiger partial charge >= 0.3 is 0 Å². The Kier molecular flexibility index (Phi) is 3.22. The number of aryl methyl sites for hydroxylation is 1. The highest BCUT2D eigenvalue weighted by Gasteiger charge is 2.18. The summed E-state index contributed by atoms with van der Waals surface area (Å²) in [5.41, 5.74) is 17.1. The quantitative estimate of drug-likeness (QED) is 0.709. The third kappa shape index (κ3) is 2.32. The van der Waals surface area contributed by atoms with E-state index in [0.29, 0.717) is 22.8 Å². The summed E-state index contributed by atoms with van der Waals surface area (Å²) in [6.07, 6.45) is 7.04. The van der Waals surface area contributed by atoms with Crippen LogP contribution in [0.3, 0.4) is 0 Å². The summed E-state index contributed by atoms with van der Waals surface area (Å²) in [6.45, 7) is 0.978. The Morgan fingerprint density at radius 1 is 1.04 bits per heavy atom.